The maximum atomic E-state index is 5.43. The van der Waals surface area contributed by atoms with Crippen LogP contribution in [0, 0.1) is 0 Å². The SMILES string of the molecule is CC(C)(c1ccccc1)c1ccc(-c2ccco2)cc1. The third-order valence-electron chi connectivity index (χ3n) is 3.91. The zero-order valence-electron chi connectivity index (χ0n) is 11.8. The molecule has 0 bridgehead atoms. The minimum atomic E-state index is 0.00293. The molecule has 3 rings (SSSR count). The first kappa shape index (κ1) is 12.7. The summed E-state index contributed by atoms with van der Waals surface area (Å²) in [6, 6.07) is 23.1. The van der Waals surface area contributed by atoms with Crippen LogP contribution in [0.4, 0.5) is 0 Å². The van der Waals surface area contributed by atoms with E-state index in [1.54, 1.807) is 6.26 Å². The second kappa shape index (κ2) is 5.01. The first-order chi connectivity index (χ1) is 9.68. The van der Waals surface area contributed by atoms with Gasteiger partial charge in [-0.15, -0.1) is 0 Å². The molecule has 20 heavy (non-hydrogen) atoms. The van der Waals surface area contributed by atoms with E-state index < -0.39 is 0 Å². The first-order valence-electron chi connectivity index (χ1n) is 6.88. The van der Waals surface area contributed by atoms with Crippen LogP contribution in [0.15, 0.2) is 77.4 Å². The molecule has 3 aromatic rings. The fourth-order valence-electron chi connectivity index (χ4n) is 2.52. The van der Waals surface area contributed by atoms with Crippen LogP contribution in [-0.2, 0) is 5.41 Å². The maximum Gasteiger partial charge on any atom is 0.133 e. The van der Waals surface area contributed by atoms with Crippen LogP contribution >= 0.6 is 0 Å². The summed E-state index contributed by atoms with van der Waals surface area (Å²) in [5.74, 6) is 0.911. The summed E-state index contributed by atoms with van der Waals surface area (Å²) in [6.07, 6.45) is 1.71. The number of rotatable bonds is 3. The molecule has 1 nitrogen and oxygen atoms in total. The molecule has 0 atom stereocenters. The summed E-state index contributed by atoms with van der Waals surface area (Å²) in [7, 11) is 0. The summed E-state index contributed by atoms with van der Waals surface area (Å²) in [5.41, 5.74) is 3.75. The van der Waals surface area contributed by atoms with Gasteiger partial charge in [0.1, 0.15) is 5.76 Å². The average molecular weight is 262 g/mol. The van der Waals surface area contributed by atoms with E-state index in [-0.39, 0.29) is 5.41 Å². The largest absolute Gasteiger partial charge is 0.464 e. The van der Waals surface area contributed by atoms with Crippen molar-refractivity contribution < 1.29 is 4.42 Å². The molecule has 1 heterocycles. The van der Waals surface area contributed by atoms with Crippen molar-refractivity contribution in [2.75, 3.05) is 0 Å². The molecule has 2 aromatic carbocycles. The third kappa shape index (κ3) is 2.27. The van der Waals surface area contributed by atoms with Gasteiger partial charge in [0.2, 0.25) is 0 Å². The molecule has 0 aliphatic rings. The molecule has 0 N–H and O–H groups in total. The molecule has 0 unspecified atom stereocenters. The summed E-state index contributed by atoms with van der Waals surface area (Å²) in [5, 5.41) is 0. The van der Waals surface area contributed by atoms with Gasteiger partial charge in [0, 0.05) is 11.0 Å². The highest BCUT2D eigenvalue weighted by atomic mass is 16.3. The molecule has 0 saturated carbocycles. The molecule has 0 radical (unpaired) electrons. The predicted molar refractivity (Wildman–Crippen MR) is 82.7 cm³/mol. The molecule has 1 aromatic heterocycles. The maximum absolute atomic E-state index is 5.43. The molecule has 0 fully saturated rings. The number of benzene rings is 2. The monoisotopic (exact) mass is 262 g/mol. The van der Waals surface area contributed by atoms with Gasteiger partial charge < -0.3 is 4.42 Å². The highest BCUT2D eigenvalue weighted by molar-refractivity contribution is 5.58. The molecule has 0 spiro atoms. The van der Waals surface area contributed by atoms with Gasteiger partial charge >= 0.3 is 0 Å². The minimum absolute atomic E-state index is 0.00293. The summed E-state index contributed by atoms with van der Waals surface area (Å²) < 4.78 is 5.43. The lowest BCUT2D eigenvalue weighted by molar-refractivity contribution is 0.582. The zero-order valence-corrected chi connectivity index (χ0v) is 11.8. The second-order valence-corrected chi connectivity index (χ2v) is 5.55. The van der Waals surface area contributed by atoms with E-state index in [4.69, 9.17) is 4.42 Å². The Morgan fingerprint density at radius 3 is 1.95 bits per heavy atom. The van der Waals surface area contributed by atoms with Crippen LogP contribution < -0.4 is 0 Å². The van der Waals surface area contributed by atoms with Crippen molar-refractivity contribution in [1.29, 1.82) is 0 Å². The molecule has 0 aliphatic heterocycles. The molecule has 0 amide bonds. The molecular formula is C19H18O. The number of hydrogen-bond donors (Lipinski definition) is 0. The van der Waals surface area contributed by atoms with Gasteiger partial charge in [-0.3, -0.25) is 0 Å². The molecule has 0 aliphatic carbocycles. The van der Waals surface area contributed by atoms with Crippen molar-refractivity contribution in [1.82, 2.24) is 0 Å². The van der Waals surface area contributed by atoms with Crippen molar-refractivity contribution in [2.24, 2.45) is 0 Å². The Morgan fingerprint density at radius 1 is 0.700 bits per heavy atom. The lowest BCUT2D eigenvalue weighted by Crippen LogP contribution is -2.18. The van der Waals surface area contributed by atoms with E-state index in [9.17, 15) is 0 Å². The van der Waals surface area contributed by atoms with Crippen molar-refractivity contribution in [3.63, 3.8) is 0 Å². The Hall–Kier alpha value is -2.28. The average Bonchev–Trinajstić information content (AvgIpc) is 3.02. The van der Waals surface area contributed by atoms with E-state index in [0.29, 0.717) is 0 Å². The van der Waals surface area contributed by atoms with Crippen LogP contribution in [0.5, 0.6) is 0 Å². The van der Waals surface area contributed by atoms with Gasteiger partial charge in [-0.1, -0.05) is 68.4 Å². The topological polar surface area (TPSA) is 13.1 Å². The number of hydrogen-bond acceptors (Lipinski definition) is 1. The highest BCUT2D eigenvalue weighted by Crippen LogP contribution is 2.32. The molecule has 0 saturated heterocycles. The lowest BCUT2D eigenvalue weighted by atomic mass is 9.78. The first-order valence-corrected chi connectivity index (χ1v) is 6.88. The van der Waals surface area contributed by atoms with E-state index in [0.717, 1.165) is 11.3 Å². The molecular weight excluding hydrogens is 244 g/mol. The van der Waals surface area contributed by atoms with Gasteiger partial charge in [-0.05, 0) is 23.3 Å². The van der Waals surface area contributed by atoms with Crippen molar-refractivity contribution >= 4 is 0 Å². The Balaban J connectivity index is 1.95. The van der Waals surface area contributed by atoms with Gasteiger partial charge in [-0.2, -0.15) is 0 Å². The summed E-state index contributed by atoms with van der Waals surface area (Å²) in [6.45, 7) is 4.51. The molecule has 100 valence electrons. The van der Waals surface area contributed by atoms with Crippen molar-refractivity contribution in [3.05, 3.63) is 84.1 Å². The quantitative estimate of drug-likeness (QED) is 0.626. The fourth-order valence-corrected chi connectivity index (χ4v) is 2.52. The Kier molecular flexibility index (Phi) is 3.19. The normalized spacial score (nSPS) is 11.5. The second-order valence-electron chi connectivity index (χ2n) is 5.55. The minimum Gasteiger partial charge on any atom is -0.464 e. The van der Waals surface area contributed by atoms with Crippen LogP contribution in [0.25, 0.3) is 11.3 Å². The van der Waals surface area contributed by atoms with Gasteiger partial charge in [0.05, 0.1) is 6.26 Å². The molecule has 1 heteroatoms. The van der Waals surface area contributed by atoms with E-state index in [2.05, 4.69) is 68.4 Å². The van der Waals surface area contributed by atoms with E-state index in [1.807, 2.05) is 12.1 Å². The predicted octanol–water partition coefficient (Wildman–Crippen LogP) is 5.27. The third-order valence-corrected chi connectivity index (χ3v) is 3.91. The lowest BCUT2D eigenvalue weighted by Gasteiger charge is -2.26. The zero-order chi connectivity index (χ0) is 14.0. The Bertz CT molecular complexity index is 662. The Labute approximate surface area is 119 Å². The van der Waals surface area contributed by atoms with Crippen molar-refractivity contribution in [3.8, 4) is 11.3 Å². The van der Waals surface area contributed by atoms with Crippen molar-refractivity contribution in [2.45, 2.75) is 19.3 Å². The fraction of sp³-hybridized carbons (Fsp3) is 0.158. The van der Waals surface area contributed by atoms with Crippen LogP contribution in [-0.4, -0.2) is 0 Å². The highest BCUT2D eigenvalue weighted by Gasteiger charge is 2.22. The van der Waals surface area contributed by atoms with Gasteiger partial charge in [-0.25, -0.2) is 0 Å². The van der Waals surface area contributed by atoms with Gasteiger partial charge in [0.25, 0.3) is 0 Å². The Morgan fingerprint density at radius 2 is 1.35 bits per heavy atom. The smallest absolute Gasteiger partial charge is 0.133 e. The van der Waals surface area contributed by atoms with E-state index in [1.165, 1.54) is 11.1 Å². The van der Waals surface area contributed by atoms with Crippen LogP contribution in [0.2, 0.25) is 0 Å². The van der Waals surface area contributed by atoms with Gasteiger partial charge in [0.15, 0.2) is 0 Å². The van der Waals surface area contributed by atoms with E-state index >= 15 is 0 Å². The standard InChI is InChI=1S/C19H18O/c1-19(2,16-7-4-3-5-8-16)17-12-10-15(11-13-17)18-9-6-14-20-18/h3-14H,1-2H3. The van der Waals surface area contributed by atoms with Crippen LogP contribution in [0.3, 0.4) is 0 Å². The van der Waals surface area contributed by atoms with Crippen LogP contribution in [0.1, 0.15) is 25.0 Å². The summed E-state index contributed by atoms with van der Waals surface area (Å²) in [4.78, 5) is 0. The number of furan rings is 1. The summed E-state index contributed by atoms with van der Waals surface area (Å²) >= 11 is 0.